The van der Waals surface area contributed by atoms with E-state index >= 15 is 0 Å². The largest absolute Gasteiger partial charge is 0.469 e. The number of aromatic nitrogens is 4. The van der Waals surface area contributed by atoms with Crippen LogP contribution < -0.4 is 10.9 Å². The first-order chi connectivity index (χ1) is 17.6. The summed E-state index contributed by atoms with van der Waals surface area (Å²) in [6, 6.07) is 7.08. The van der Waals surface area contributed by atoms with Crippen molar-refractivity contribution in [3.8, 4) is 0 Å². The van der Waals surface area contributed by atoms with Gasteiger partial charge in [-0.1, -0.05) is 38.7 Å². The Bertz CT molecular complexity index is 1320. The lowest BCUT2D eigenvalue weighted by molar-refractivity contribution is -0.139. The molecule has 3 rings (SSSR count). The van der Waals surface area contributed by atoms with Crippen LogP contribution in [-0.4, -0.2) is 64.7 Å². The Morgan fingerprint density at radius 3 is 2.68 bits per heavy atom. The second kappa shape index (κ2) is 12.6. The van der Waals surface area contributed by atoms with Gasteiger partial charge in [0, 0.05) is 34.2 Å². The van der Waals surface area contributed by atoms with Gasteiger partial charge in [-0.3, -0.25) is 14.3 Å². The molecule has 0 bridgehead atoms. The van der Waals surface area contributed by atoms with E-state index in [0.717, 1.165) is 34.9 Å². The molecule has 0 aliphatic heterocycles. The first-order valence-electron chi connectivity index (χ1n) is 12.4. The Kier molecular flexibility index (Phi) is 9.79. The zero-order chi connectivity index (χ0) is 27.2. The van der Waals surface area contributed by atoms with Crippen LogP contribution in [0.25, 0.3) is 10.9 Å². The van der Waals surface area contributed by atoms with Crippen molar-refractivity contribution in [3.63, 3.8) is 0 Å². The van der Waals surface area contributed by atoms with Gasteiger partial charge in [0.25, 0.3) is 5.56 Å². The van der Waals surface area contributed by atoms with E-state index in [1.165, 1.54) is 18.9 Å². The highest BCUT2D eigenvalue weighted by atomic mass is 32.2. The summed E-state index contributed by atoms with van der Waals surface area (Å²) in [4.78, 5) is 29.9. The number of fused-ring (bicyclic) bond motifs is 1. The van der Waals surface area contributed by atoms with Gasteiger partial charge in [0.2, 0.25) is 0 Å². The van der Waals surface area contributed by atoms with E-state index in [1.54, 1.807) is 23.5 Å². The second-order valence-corrected chi connectivity index (χ2v) is 16.8. The van der Waals surface area contributed by atoms with Gasteiger partial charge in [0.1, 0.15) is 12.4 Å². The van der Waals surface area contributed by atoms with E-state index < -0.39 is 8.07 Å². The van der Waals surface area contributed by atoms with Crippen LogP contribution >= 0.6 is 11.8 Å². The Labute approximate surface area is 223 Å². The summed E-state index contributed by atoms with van der Waals surface area (Å²) >= 11 is 1.45. The number of carbonyl (C=O) groups excluding carboxylic acids is 1. The molecule has 2 aromatic heterocycles. The number of benzene rings is 1. The van der Waals surface area contributed by atoms with Gasteiger partial charge < -0.3 is 14.8 Å². The van der Waals surface area contributed by atoms with Crippen LogP contribution in [0.1, 0.15) is 18.9 Å². The van der Waals surface area contributed by atoms with Crippen LogP contribution in [0.2, 0.25) is 25.7 Å². The molecule has 37 heavy (non-hydrogen) atoms. The summed E-state index contributed by atoms with van der Waals surface area (Å²) in [6.45, 7) is 10.4. The Balaban J connectivity index is 1.91. The third-order valence-corrected chi connectivity index (χ3v) is 8.52. The average molecular weight is 547 g/mol. The number of hydrogen-bond acceptors (Lipinski definition) is 8. The Morgan fingerprint density at radius 2 is 2.03 bits per heavy atom. The molecular weight excluding hydrogens is 508 g/mol. The first kappa shape index (κ1) is 28.7. The highest BCUT2D eigenvalue weighted by molar-refractivity contribution is 8.14. The van der Waals surface area contributed by atoms with E-state index in [2.05, 4.69) is 35.0 Å². The van der Waals surface area contributed by atoms with E-state index in [-0.39, 0.29) is 17.9 Å². The zero-order valence-electron chi connectivity index (χ0n) is 22.8. The predicted octanol–water partition coefficient (Wildman–Crippen LogP) is 4.29. The Hall–Kier alpha value is -2.83. The first-order valence-corrected chi connectivity index (χ1v) is 17.0. The van der Waals surface area contributed by atoms with Crippen molar-refractivity contribution in [2.45, 2.75) is 52.3 Å². The molecule has 1 aromatic carbocycles. The van der Waals surface area contributed by atoms with E-state index in [1.807, 2.05) is 36.0 Å². The molecule has 0 aliphatic rings. The molecule has 0 saturated heterocycles. The third-order valence-electron chi connectivity index (χ3n) is 5.96. The average Bonchev–Trinajstić information content (AvgIpc) is 3.36. The van der Waals surface area contributed by atoms with Gasteiger partial charge in [-0.15, -0.1) is 11.8 Å². The molecule has 3 aromatic rings. The fourth-order valence-corrected chi connectivity index (χ4v) is 5.32. The van der Waals surface area contributed by atoms with Gasteiger partial charge in [0.05, 0.1) is 36.8 Å². The highest BCUT2D eigenvalue weighted by Gasteiger charge is 2.20. The molecule has 10 nitrogen and oxygen atoms in total. The molecule has 0 atom stereocenters. The topological polar surface area (TPSA) is 105 Å². The number of rotatable bonds is 12. The lowest BCUT2D eigenvalue weighted by Crippen LogP contribution is -2.23. The zero-order valence-corrected chi connectivity index (χ0v) is 24.6. The smallest absolute Gasteiger partial charge is 0.312 e. The number of anilines is 1. The van der Waals surface area contributed by atoms with Gasteiger partial charge in [-0.05, 0) is 23.4 Å². The summed E-state index contributed by atoms with van der Waals surface area (Å²) in [5.74, 6) is 0.835. The standard InChI is InChI=1S/C25H38N6O4SSi/c1-8-36-21(14-22(32)34-4)28-24-23(26-2)25(33)31(29(24)3)16-18-10-9-11-20-19(18)15-27-30(20)17-35-12-13-37(5,6)7/h9-11,15,26H,8,12-14,16-17H2,1-7H3. The molecule has 0 aliphatic carbocycles. The molecule has 202 valence electrons. The molecule has 0 unspecified atom stereocenters. The maximum atomic E-state index is 13.3. The second-order valence-electron chi connectivity index (χ2n) is 9.87. The Morgan fingerprint density at radius 1 is 1.27 bits per heavy atom. The van der Waals surface area contributed by atoms with Gasteiger partial charge >= 0.3 is 5.97 Å². The van der Waals surface area contributed by atoms with Crippen molar-refractivity contribution in [1.29, 1.82) is 0 Å². The molecule has 12 heteroatoms. The van der Waals surface area contributed by atoms with Crippen LogP contribution in [0.5, 0.6) is 0 Å². The maximum Gasteiger partial charge on any atom is 0.312 e. The number of methoxy groups -OCH3 is 1. The third kappa shape index (κ3) is 7.14. The van der Waals surface area contributed by atoms with Crippen LogP contribution in [0.4, 0.5) is 11.5 Å². The molecule has 0 fully saturated rings. The monoisotopic (exact) mass is 546 g/mol. The van der Waals surface area contributed by atoms with Crippen molar-refractivity contribution in [2.24, 2.45) is 12.0 Å². The lowest BCUT2D eigenvalue weighted by atomic mass is 10.1. The van der Waals surface area contributed by atoms with Gasteiger partial charge in [-0.25, -0.2) is 14.4 Å². The van der Waals surface area contributed by atoms with Crippen LogP contribution in [0.3, 0.4) is 0 Å². The van der Waals surface area contributed by atoms with Crippen molar-refractivity contribution in [2.75, 3.05) is 31.8 Å². The summed E-state index contributed by atoms with van der Waals surface area (Å²) < 4.78 is 15.9. The van der Waals surface area contributed by atoms with Gasteiger partial charge in [0.15, 0.2) is 5.82 Å². The number of ether oxygens (including phenoxy) is 2. The fourth-order valence-electron chi connectivity index (χ4n) is 3.86. The minimum atomic E-state index is -1.16. The summed E-state index contributed by atoms with van der Waals surface area (Å²) in [5.41, 5.74) is 2.10. The van der Waals surface area contributed by atoms with Crippen molar-refractivity contribution in [3.05, 3.63) is 40.3 Å². The molecule has 0 saturated carbocycles. The quantitative estimate of drug-likeness (QED) is 0.119. The number of hydrogen-bond donors (Lipinski definition) is 1. The molecule has 0 spiro atoms. The number of aliphatic imine (C=N–C) groups is 1. The fraction of sp³-hybridized carbons (Fsp3) is 0.520. The van der Waals surface area contributed by atoms with Crippen LogP contribution in [-0.2, 0) is 34.6 Å². The minimum absolute atomic E-state index is 0.0516. The number of esters is 1. The molecule has 1 N–H and O–H groups in total. The number of nitrogens with zero attached hydrogens (tertiary/aromatic N) is 5. The predicted molar refractivity (Wildman–Crippen MR) is 154 cm³/mol. The van der Waals surface area contributed by atoms with E-state index in [0.29, 0.717) is 29.8 Å². The molecular formula is C25H38N6O4SSi. The summed E-state index contributed by atoms with van der Waals surface area (Å²) in [7, 11) is 3.69. The van der Waals surface area contributed by atoms with Crippen LogP contribution in [0.15, 0.2) is 34.2 Å². The van der Waals surface area contributed by atoms with Gasteiger partial charge in [-0.2, -0.15) is 5.10 Å². The highest BCUT2D eigenvalue weighted by Crippen LogP contribution is 2.26. The minimum Gasteiger partial charge on any atom is -0.469 e. The summed E-state index contributed by atoms with van der Waals surface area (Å²) in [5, 5.41) is 9.09. The molecule has 0 radical (unpaired) electrons. The van der Waals surface area contributed by atoms with Crippen molar-refractivity contribution in [1.82, 2.24) is 19.1 Å². The normalized spacial score (nSPS) is 12.4. The number of thioether (sulfide) groups is 1. The molecule has 2 heterocycles. The van der Waals surface area contributed by atoms with Crippen molar-refractivity contribution < 1.29 is 14.3 Å². The van der Waals surface area contributed by atoms with Crippen molar-refractivity contribution >= 4 is 53.3 Å². The van der Waals surface area contributed by atoms with Crippen LogP contribution in [0, 0.1) is 0 Å². The number of carbonyl (C=O) groups is 1. The SMILES string of the molecule is CCSC(CC(=O)OC)=Nc1c(NC)c(=O)n(Cc2cccc3c2cnn3COCC[Si](C)(C)C)n1C. The lowest BCUT2D eigenvalue weighted by Gasteiger charge is -2.15. The summed E-state index contributed by atoms with van der Waals surface area (Å²) in [6.07, 6.45) is 1.88. The van der Waals surface area contributed by atoms with E-state index in [4.69, 9.17) is 9.47 Å². The van der Waals surface area contributed by atoms with E-state index in [9.17, 15) is 9.59 Å². The maximum absolute atomic E-state index is 13.3. The number of nitrogens with one attached hydrogen (secondary N) is 1. The molecule has 0 amide bonds.